The molecule has 1 amide bonds. The molecule has 0 heterocycles. The summed E-state index contributed by atoms with van der Waals surface area (Å²) < 4.78 is 18.7. The molecular formula is C14H18FNO4. The van der Waals surface area contributed by atoms with Crippen LogP contribution in [-0.2, 0) is 16.1 Å². The van der Waals surface area contributed by atoms with Crippen LogP contribution in [0.2, 0.25) is 0 Å². The van der Waals surface area contributed by atoms with Crippen LogP contribution in [0.1, 0.15) is 26.3 Å². The van der Waals surface area contributed by atoms with Gasteiger partial charge in [-0.3, -0.25) is 9.69 Å². The average Bonchev–Trinajstić information content (AvgIpc) is 2.28. The van der Waals surface area contributed by atoms with Crippen molar-refractivity contribution < 1.29 is 23.8 Å². The van der Waals surface area contributed by atoms with E-state index in [0.29, 0.717) is 0 Å². The van der Waals surface area contributed by atoms with Gasteiger partial charge in [0, 0.05) is 5.56 Å². The minimum Gasteiger partial charge on any atom is -0.480 e. The monoisotopic (exact) mass is 283 g/mol. The molecule has 0 spiro atoms. The topological polar surface area (TPSA) is 66.8 Å². The Morgan fingerprint density at radius 1 is 1.30 bits per heavy atom. The molecule has 110 valence electrons. The van der Waals surface area contributed by atoms with Gasteiger partial charge in [0.15, 0.2) is 0 Å². The maximum absolute atomic E-state index is 13.6. The zero-order chi connectivity index (χ0) is 15.3. The molecule has 0 radical (unpaired) electrons. The largest absolute Gasteiger partial charge is 0.480 e. The highest BCUT2D eigenvalue weighted by Gasteiger charge is 2.24. The van der Waals surface area contributed by atoms with Gasteiger partial charge in [-0.2, -0.15) is 0 Å². The second-order valence-electron chi connectivity index (χ2n) is 5.32. The first-order valence-corrected chi connectivity index (χ1v) is 6.12. The molecule has 0 aliphatic rings. The van der Waals surface area contributed by atoms with E-state index in [0.717, 1.165) is 4.90 Å². The van der Waals surface area contributed by atoms with Crippen molar-refractivity contribution in [2.45, 2.75) is 32.9 Å². The quantitative estimate of drug-likeness (QED) is 0.922. The Balaban J connectivity index is 2.87. The predicted octanol–water partition coefficient (Wildman–Crippen LogP) is 2.65. The average molecular weight is 283 g/mol. The summed E-state index contributed by atoms with van der Waals surface area (Å²) in [4.78, 5) is 23.7. The zero-order valence-electron chi connectivity index (χ0n) is 11.7. The molecule has 0 bridgehead atoms. The summed E-state index contributed by atoms with van der Waals surface area (Å²) in [6.45, 7) is 4.31. The zero-order valence-corrected chi connectivity index (χ0v) is 11.7. The van der Waals surface area contributed by atoms with Crippen LogP contribution in [0.4, 0.5) is 9.18 Å². The Morgan fingerprint density at radius 3 is 2.40 bits per heavy atom. The first-order valence-electron chi connectivity index (χ1n) is 6.12. The molecule has 0 fully saturated rings. The van der Waals surface area contributed by atoms with Gasteiger partial charge in [0.2, 0.25) is 0 Å². The third kappa shape index (κ3) is 5.26. The van der Waals surface area contributed by atoms with E-state index in [-0.39, 0.29) is 12.1 Å². The summed E-state index contributed by atoms with van der Waals surface area (Å²) >= 11 is 0. The highest BCUT2D eigenvalue weighted by Crippen LogP contribution is 2.14. The van der Waals surface area contributed by atoms with Gasteiger partial charge < -0.3 is 9.84 Å². The number of aliphatic carboxylic acids is 1. The normalized spacial score (nSPS) is 11.0. The van der Waals surface area contributed by atoms with Gasteiger partial charge in [0.05, 0.1) is 6.54 Å². The number of hydrogen-bond donors (Lipinski definition) is 1. The lowest BCUT2D eigenvalue weighted by atomic mass is 10.2. The van der Waals surface area contributed by atoms with Crippen LogP contribution in [0.5, 0.6) is 0 Å². The predicted molar refractivity (Wildman–Crippen MR) is 70.7 cm³/mol. The minimum absolute atomic E-state index is 0.159. The van der Waals surface area contributed by atoms with Gasteiger partial charge in [0.1, 0.15) is 18.0 Å². The Kier molecular flexibility index (Phi) is 5.07. The minimum atomic E-state index is -1.19. The summed E-state index contributed by atoms with van der Waals surface area (Å²) in [5.74, 6) is -1.68. The molecule has 1 aromatic rings. The van der Waals surface area contributed by atoms with Crippen LogP contribution in [0.3, 0.4) is 0 Å². The van der Waals surface area contributed by atoms with Crippen molar-refractivity contribution in [3.05, 3.63) is 35.6 Å². The number of carboxylic acids is 1. The molecule has 5 nitrogen and oxygen atoms in total. The Morgan fingerprint density at radius 2 is 1.90 bits per heavy atom. The van der Waals surface area contributed by atoms with Crippen molar-refractivity contribution in [2.75, 3.05) is 6.54 Å². The third-order valence-corrected chi connectivity index (χ3v) is 2.30. The van der Waals surface area contributed by atoms with Crippen LogP contribution >= 0.6 is 0 Å². The molecule has 1 rings (SSSR count). The molecule has 0 unspecified atom stereocenters. The van der Waals surface area contributed by atoms with E-state index in [1.54, 1.807) is 26.8 Å². The molecule has 1 aromatic carbocycles. The number of carbonyl (C=O) groups excluding carboxylic acids is 1. The summed E-state index contributed by atoms with van der Waals surface area (Å²) in [6.07, 6.45) is -0.789. The van der Waals surface area contributed by atoms with E-state index >= 15 is 0 Å². The highest BCUT2D eigenvalue weighted by atomic mass is 19.1. The van der Waals surface area contributed by atoms with Crippen molar-refractivity contribution in [1.29, 1.82) is 0 Å². The van der Waals surface area contributed by atoms with Crippen molar-refractivity contribution in [3.8, 4) is 0 Å². The summed E-state index contributed by atoms with van der Waals surface area (Å²) in [5, 5.41) is 8.84. The number of halogens is 1. The van der Waals surface area contributed by atoms with E-state index in [9.17, 15) is 14.0 Å². The van der Waals surface area contributed by atoms with Gasteiger partial charge in [0.25, 0.3) is 0 Å². The number of carboxylic acid groups (broad SMARTS) is 1. The maximum atomic E-state index is 13.6. The van der Waals surface area contributed by atoms with Crippen LogP contribution in [0.15, 0.2) is 24.3 Å². The van der Waals surface area contributed by atoms with Crippen LogP contribution in [-0.4, -0.2) is 34.2 Å². The molecule has 0 saturated heterocycles. The number of rotatable bonds is 4. The first kappa shape index (κ1) is 15.9. The van der Waals surface area contributed by atoms with Crippen LogP contribution < -0.4 is 0 Å². The number of ether oxygens (including phenoxy) is 1. The van der Waals surface area contributed by atoms with Crippen molar-refractivity contribution >= 4 is 12.1 Å². The first-order chi connectivity index (χ1) is 9.19. The van der Waals surface area contributed by atoms with Gasteiger partial charge in [-0.15, -0.1) is 0 Å². The fourth-order valence-corrected chi connectivity index (χ4v) is 1.51. The fourth-order valence-electron chi connectivity index (χ4n) is 1.51. The summed E-state index contributed by atoms with van der Waals surface area (Å²) in [6, 6.07) is 5.89. The lowest BCUT2D eigenvalue weighted by Crippen LogP contribution is -2.39. The van der Waals surface area contributed by atoms with Crippen molar-refractivity contribution in [1.82, 2.24) is 4.90 Å². The summed E-state index contributed by atoms with van der Waals surface area (Å²) in [7, 11) is 0. The number of hydrogen-bond acceptors (Lipinski definition) is 3. The van der Waals surface area contributed by atoms with E-state index in [1.807, 2.05) is 0 Å². The third-order valence-electron chi connectivity index (χ3n) is 2.30. The molecule has 0 atom stereocenters. The maximum Gasteiger partial charge on any atom is 0.411 e. The molecule has 0 aromatic heterocycles. The second kappa shape index (κ2) is 6.36. The van der Waals surface area contributed by atoms with Crippen molar-refractivity contribution in [3.63, 3.8) is 0 Å². The standard InChI is InChI=1S/C14H18FNO4/c1-14(2,3)20-13(19)16(9-12(17)18)8-10-6-4-5-7-11(10)15/h4-7H,8-9H2,1-3H3,(H,17,18). The van der Waals surface area contributed by atoms with Gasteiger partial charge in [-0.25, -0.2) is 9.18 Å². The number of benzene rings is 1. The molecule has 6 heteroatoms. The molecule has 1 N–H and O–H groups in total. The lowest BCUT2D eigenvalue weighted by molar-refractivity contribution is -0.138. The second-order valence-corrected chi connectivity index (χ2v) is 5.32. The molecule has 0 aliphatic carbocycles. The van der Waals surface area contributed by atoms with E-state index in [2.05, 4.69) is 0 Å². The SMILES string of the molecule is CC(C)(C)OC(=O)N(CC(=O)O)Cc1ccccc1F. The van der Waals surface area contributed by atoms with E-state index in [1.165, 1.54) is 18.2 Å². The summed E-state index contributed by atoms with van der Waals surface area (Å²) in [5.41, 5.74) is -0.511. The van der Waals surface area contributed by atoms with Crippen molar-refractivity contribution in [2.24, 2.45) is 0 Å². The number of amides is 1. The fraction of sp³-hybridized carbons (Fsp3) is 0.429. The number of nitrogens with zero attached hydrogens (tertiary/aromatic N) is 1. The van der Waals surface area contributed by atoms with Crippen LogP contribution in [0, 0.1) is 5.82 Å². The molecular weight excluding hydrogens is 265 g/mol. The molecule has 0 aliphatic heterocycles. The van der Waals surface area contributed by atoms with Gasteiger partial charge in [-0.05, 0) is 26.8 Å². The van der Waals surface area contributed by atoms with E-state index in [4.69, 9.17) is 9.84 Å². The lowest BCUT2D eigenvalue weighted by Gasteiger charge is -2.26. The highest BCUT2D eigenvalue weighted by molar-refractivity contribution is 5.76. The smallest absolute Gasteiger partial charge is 0.411 e. The molecule has 0 saturated carbocycles. The Labute approximate surface area is 117 Å². The Bertz CT molecular complexity index is 496. The van der Waals surface area contributed by atoms with Gasteiger partial charge in [-0.1, -0.05) is 18.2 Å². The number of carbonyl (C=O) groups is 2. The van der Waals surface area contributed by atoms with Gasteiger partial charge >= 0.3 is 12.1 Å². The molecule has 20 heavy (non-hydrogen) atoms. The Hall–Kier alpha value is -2.11. The van der Waals surface area contributed by atoms with Crippen LogP contribution in [0.25, 0.3) is 0 Å². The van der Waals surface area contributed by atoms with E-state index < -0.39 is 30.0 Å².